The topological polar surface area (TPSA) is 66.4 Å². The Balaban J connectivity index is 3.37. The van der Waals surface area contributed by atoms with Crippen LogP contribution in [0.25, 0.3) is 0 Å². The van der Waals surface area contributed by atoms with E-state index >= 15 is 0 Å². The van der Waals surface area contributed by atoms with Gasteiger partial charge in [0.15, 0.2) is 0 Å². The van der Waals surface area contributed by atoms with Gasteiger partial charge in [-0.15, -0.1) is 0 Å². The molecular formula is C7H9NO3. The van der Waals surface area contributed by atoms with Gasteiger partial charge in [-0.2, -0.15) is 0 Å². The van der Waals surface area contributed by atoms with Crippen LogP contribution < -0.4 is 5.32 Å². The van der Waals surface area contributed by atoms with E-state index in [1.807, 2.05) is 5.92 Å². The molecule has 0 aromatic heterocycles. The average molecular weight is 155 g/mol. The average Bonchev–Trinajstić information content (AvgIpc) is 1.85. The second-order valence-electron chi connectivity index (χ2n) is 1.84. The van der Waals surface area contributed by atoms with Gasteiger partial charge in [0.05, 0.1) is 0 Å². The summed E-state index contributed by atoms with van der Waals surface area (Å²) in [7, 11) is 0. The molecule has 0 fully saturated rings. The van der Waals surface area contributed by atoms with Crippen LogP contribution in [0.15, 0.2) is 0 Å². The van der Waals surface area contributed by atoms with Crippen LogP contribution >= 0.6 is 0 Å². The summed E-state index contributed by atoms with van der Waals surface area (Å²) < 4.78 is 0. The Hall–Kier alpha value is -1.50. The van der Waals surface area contributed by atoms with Gasteiger partial charge >= 0.3 is 5.97 Å². The summed E-state index contributed by atoms with van der Waals surface area (Å²) in [5, 5.41) is 10.5. The van der Waals surface area contributed by atoms with Gasteiger partial charge in [0.25, 0.3) is 0 Å². The van der Waals surface area contributed by atoms with Crippen molar-refractivity contribution in [3.8, 4) is 11.8 Å². The third-order valence-corrected chi connectivity index (χ3v) is 0.819. The molecule has 1 amide bonds. The van der Waals surface area contributed by atoms with Gasteiger partial charge < -0.3 is 10.4 Å². The highest BCUT2D eigenvalue weighted by Crippen LogP contribution is 1.71. The number of hydrogen-bond acceptors (Lipinski definition) is 2. The molecule has 0 rings (SSSR count). The van der Waals surface area contributed by atoms with E-state index in [4.69, 9.17) is 5.11 Å². The van der Waals surface area contributed by atoms with Crippen LogP contribution in [-0.2, 0) is 9.59 Å². The fraction of sp³-hybridized carbons (Fsp3) is 0.429. The van der Waals surface area contributed by atoms with Gasteiger partial charge in [-0.05, 0) is 0 Å². The maximum Gasteiger partial charge on any atom is 0.381 e. The van der Waals surface area contributed by atoms with Gasteiger partial charge in [-0.25, -0.2) is 4.79 Å². The lowest BCUT2D eigenvalue weighted by molar-refractivity contribution is -0.130. The highest BCUT2D eigenvalue weighted by atomic mass is 16.4. The first kappa shape index (κ1) is 9.50. The Morgan fingerprint density at radius 1 is 1.55 bits per heavy atom. The predicted octanol–water partition coefficient (Wildman–Crippen LogP) is -0.399. The molecule has 0 heterocycles. The second-order valence-corrected chi connectivity index (χ2v) is 1.84. The fourth-order valence-electron chi connectivity index (χ4n) is 0.439. The number of nitrogens with one attached hydrogen (secondary N) is 1. The Morgan fingerprint density at radius 2 is 2.18 bits per heavy atom. The van der Waals surface area contributed by atoms with Crippen LogP contribution in [-0.4, -0.2) is 23.5 Å². The van der Waals surface area contributed by atoms with Crippen molar-refractivity contribution >= 4 is 11.9 Å². The SMILES string of the molecule is CC(=O)NCCC#CC(=O)O. The number of carboxylic acids is 1. The van der Waals surface area contributed by atoms with Crippen LogP contribution in [0.4, 0.5) is 0 Å². The molecule has 0 saturated heterocycles. The molecule has 0 aliphatic carbocycles. The molecule has 0 bridgehead atoms. The molecule has 0 aromatic carbocycles. The van der Waals surface area contributed by atoms with Crippen molar-refractivity contribution in [2.45, 2.75) is 13.3 Å². The van der Waals surface area contributed by atoms with Crippen molar-refractivity contribution < 1.29 is 14.7 Å². The van der Waals surface area contributed by atoms with E-state index in [0.29, 0.717) is 13.0 Å². The van der Waals surface area contributed by atoms with E-state index in [-0.39, 0.29) is 5.91 Å². The standard InChI is InChI=1S/C7H9NO3/c1-6(9)8-5-3-2-4-7(10)11/h3,5H2,1H3,(H,8,9)(H,10,11). The molecule has 0 aromatic rings. The van der Waals surface area contributed by atoms with Crippen LogP contribution in [0.3, 0.4) is 0 Å². The van der Waals surface area contributed by atoms with Crippen molar-refractivity contribution in [2.24, 2.45) is 0 Å². The quantitative estimate of drug-likeness (QED) is 0.421. The molecule has 11 heavy (non-hydrogen) atoms. The zero-order chi connectivity index (χ0) is 8.69. The summed E-state index contributed by atoms with van der Waals surface area (Å²) in [6, 6.07) is 0. The molecule has 60 valence electrons. The summed E-state index contributed by atoms with van der Waals surface area (Å²) in [6.07, 6.45) is 0.367. The number of carbonyl (C=O) groups excluding carboxylic acids is 1. The van der Waals surface area contributed by atoms with Crippen molar-refractivity contribution in [3.63, 3.8) is 0 Å². The summed E-state index contributed by atoms with van der Waals surface area (Å²) in [6.45, 7) is 1.79. The molecule has 4 heteroatoms. The van der Waals surface area contributed by atoms with E-state index in [1.165, 1.54) is 6.92 Å². The minimum Gasteiger partial charge on any atom is -0.472 e. The lowest BCUT2D eigenvalue weighted by atomic mass is 10.4. The largest absolute Gasteiger partial charge is 0.472 e. The van der Waals surface area contributed by atoms with E-state index in [0.717, 1.165) is 0 Å². The monoisotopic (exact) mass is 155 g/mol. The smallest absolute Gasteiger partial charge is 0.381 e. The summed E-state index contributed by atoms with van der Waals surface area (Å²) in [5.41, 5.74) is 0. The third kappa shape index (κ3) is 8.50. The van der Waals surface area contributed by atoms with Crippen molar-refractivity contribution in [2.75, 3.05) is 6.54 Å². The van der Waals surface area contributed by atoms with Gasteiger partial charge in [-0.3, -0.25) is 4.79 Å². The maximum atomic E-state index is 10.3. The summed E-state index contributed by atoms with van der Waals surface area (Å²) in [5.74, 6) is 3.03. The highest BCUT2D eigenvalue weighted by Gasteiger charge is 1.87. The third-order valence-electron chi connectivity index (χ3n) is 0.819. The fourth-order valence-corrected chi connectivity index (χ4v) is 0.439. The van der Waals surface area contributed by atoms with Crippen LogP contribution in [0, 0.1) is 11.8 Å². The minimum atomic E-state index is -1.15. The Bertz CT molecular complexity index is 211. The van der Waals surface area contributed by atoms with Gasteiger partial charge in [0, 0.05) is 25.8 Å². The molecule has 0 unspecified atom stereocenters. The Labute approximate surface area is 64.6 Å². The number of amides is 1. The first-order valence-electron chi connectivity index (χ1n) is 3.09. The molecule has 0 radical (unpaired) electrons. The number of carbonyl (C=O) groups is 2. The predicted molar refractivity (Wildman–Crippen MR) is 38.7 cm³/mol. The highest BCUT2D eigenvalue weighted by molar-refractivity contribution is 5.86. The lowest BCUT2D eigenvalue weighted by Crippen LogP contribution is -2.20. The van der Waals surface area contributed by atoms with Crippen LogP contribution in [0.5, 0.6) is 0 Å². The minimum absolute atomic E-state index is 0.137. The number of rotatable bonds is 2. The molecule has 0 atom stereocenters. The second kappa shape index (κ2) is 5.30. The van der Waals surface area contributed by atoms with Gasteiger partial charge in [-0.1, -0.05) is 5.92 Å². The molecule has 0 spiro atoms. The normalized spacial score (nSPS) is 7.73. The number of carboxylic acid groups (broad SMARTS) is 1. The van der Waals surface area contributed by atoms with Crippen molar-refractivity contribution in [1.82, 2.24) is 5.32 Å². The van der Waals surface area contributed by atoms with Crippen LogP contribution in [0.1, 0.15) is 13.3 Å². The Kier molecular flexibility index (Phi) is 4.58. The number of hydrogen-bond donors (Lipinski definition) is 2. The molecule has 0 aliphatic heterocycles. The van der Waals surface area contributed by atoms with E-state index in [1.54, 1.807) is 0 Å². The van der Waals surface area contributed by atoms with Gasteiger partial charge in [0.1, 0.15) is 0 Å². The zero-order valence-electron chi connectivity index (χ0n) is 6.18. The first-order chi connectivity index (χ1) is 5.13. The first-order valence-corrected chi connectivity index (χ1v) is 3.09. The molecule has 0 aliphatic rings. The lowest BCUT2D eigenvalue weighted by Gasteiger charge is -1.93. The molecule has 0 saturated carbocycles. The van der Waals surface area contributed by atoms with Crippen molar-refractivity contribution in [1.29, 1.82) is 0 Å². The number of aliphatic carboxylic acids is 1. The van der Waals surface area contributed by atoms with Gasteiger partial charge in [0.2, 0.25) is 5.91 Å². The Morgan fingerprint density at radius 3 is 2.64 bits per heavy atom. The molecule has 4 nitrogen and oxygen atoms in total. The van der Waals surface area contributed by atoms with E-state index in [2.05, 4.69) is 11.2 Å². The van der Waals surface area contributed by atoms with Crippen LogP contribution in [0.2, 0.25) is 0 Å². The van der Waals surface area contributed by atoms with E-state index in [9.17, 15) is 9.59 Å². The summed E-state index contributed by atoms with van der Waals surface area (Å²) >= 11 is 0. The van der Waals surface area contributed by atoms with E-state index < -0.39 is 5.97 Å². The molecule has 2 N–H and O–H groups in total. The summed E-state index contributed by atoms with van der Waals surface area (Å²) in [4.78, 5) is 20.1. The molecular weight excluding hydrogens is 146 g/mol. The van der Waals surface area contributed by atoms with Crippen molar-refractivity contribution in [3.05, 3.63) is 0 Å². The maximum absolute atomic E-state index is 10.3. The zero-order valence-corrected chi connectivity index (χ0v) is 6.18.